The highest BCUT2D eigenvalue weighted by atomic mass is 32.2. The van der Waals surface area contributed by atoms with Gasteiger partial charge in [0.25, 0.3) is 0 Å². The quantitative estimate of drug-likeness (QED) is 0.715. The van der Waals surface area contributed by atoms with E-state index in [-0.39, 0.29) is 11.7 Å². The van der Waals surface area contributed by atoms with Crippen LogP contribution in [0, 0.1) is 0 Å². The predicted octanol–water partition coefficient (Wildman–Crippen LogP) is 4.18. The van der Waals surface area contributed by atoms with Crippen molar-refractivity contribution in [3.63, 3.8) is 0 Å². The van der Waals surface area contributed by atoms with Gasteiger partial charge in [-0.3, -0.25) is 4.79 Å². The molecule has 0 saturated carbocycles. The first-order valence-corrected chi connectivity index (χ1v) is 8.59. The Morgan fingerprint density at radius 2 is 1.75 bits per heavy atom. The van der Waals surface area contributed by atoms with Crippen molar-refractivity contribution >= 4 is 17.7 Å². The van der Waals surface area contributed by atoms with Gasteiger partial charge in [-0.1, -0.05) is 42.5 Å². The zero-order chi connectivity index (χ0) is 17.4. The van der Waals surface area contributed by atoms with Crippen molar-refractivity contribution < 1.29 is 18.3 Å². The van der Waals surface area contributed by atoms with Crippen molar-refractivity contribution in [1.29, 1.82) is 0 Å². The average molecular weight is 351 g/mol. The predicted molar refractivity (Wildman–Crippen MR) is 92.2 cm³/mol. The van der Waals surface area contributed by atoms with Gasteiger partial charge in [0.2, 0.25) is 5.91 Å². The van der Waals surface area contributed by atoms with E-state index in [0.717, 1.165) is 11.3 Å². The lowest BCUT2D eigenvalue weighted by Crippen LogP contribution is -2.27. The Hall–Kier alpha value is -2.08. The second-order valence-electron chi connectivity index (χ2n) is 5.25. The number of carbonyl (C=O) groups is 1. The number of carbonyl (C=O) groups excluding carboxylic acids is 1. The summed E-state index contributed by atoms with van der Waals surface area (Å²) in [6.07, 6.45) is 0. The molecule has 24 heavy (non-hydrogen) atoms. The van der Waals surface area contributed by atoms with E-state index in [4.69, 9.17) is 0 Å². The summed E-state index contributed by atoms with van der Waals surface area (Å²) in [5, 5.41) is 0. The van der Waals surface area contributed by atoms with Gasteiger partial charge in [0.15, 0.2) is 0 Å². The molecule has 0 heterocycles. The Bertz CT molecular complexity index is 635. The maximum Gasteiger partial charge on any atom is 0.387 e. The topological polar surface area (TPSA) is 29.5 Å². The van der Waals surface area contributed by atoms with Crippen LogP contribution in [0.2, 0.25) is 0 Å². The van der Waals surface area contributed by atoms with Gasteiger partial charge < -0.3 is 9.64 Å². The van der Waals surface area contributed by atoms with Crippen LogP contribution >= 0.6 is 11.8 Å². The summed E-state index contributed by atoms with van der Waals surface area (Å²) >= 11 is 1.57. The van der Waals surface area contributed by atoms with E-state index in [9.17, 15) is 13.6 Å². The van der Waals surface area contributed by atoms with Crippen molar-refractivity contribution in [2.75, 3.05) is 12.8 Å². The molecule has 1 amide bonds. The van der Waals surface area contributed by atoms with E-state index in [1.165, 1.54) is 17.7 Å². The molecule has 0 spiro atoms. The first kappa shape index (κ1) is 18.3. The highest BCUT2D eigenvalue weighted by molar-refractivity contribution is 7.99. The second kappa shape index (κ2) is 9.27. The molecule has 0 radical (unpaired) electrons. The van der Waals surface area contributed by atoms with Gasteiger partial charge >= 0.3 is 6.61 Å². The third-order valence-corrected chi connectivity index (χ3v) is 4.32. The van der Waals surface area contributed by atoms with E-state index in [1.807, 2.05) is 30.3 Å². The molecule has 0 fully saturated rings. The number of thioether (sulfide) groups is 1. The molecule has 2 rings (SSSR count). The molecule has 0 saturated heterocycles. The van der Waals surface area contributed by atoms with Crippen LogP contribution in [0.4, 0.5) is 8.78 Å². The third-order valence-electron chi connectivity index (χ3n) is 3.33. The summed E-state index contributed by atoms with van der Waals surface area (Å²) in [7, 11) is 1.73. The normalized spacial score (nSPS) is 10.7. The number of hydrogen-bond acceptors (Lipinski definition) is 3. The third kappa shape index (κ3) is 6.20. The van der Waals surface area contributed by atoms with Crippen molar-refractivity contribution in [3.8, 4) is 5.75 Å². The molecule has 0 aliphatic rings. The van der Waals surface area contributed by atoms with Crippen LogP contribution in [-0.4, -0.2) is 30.2 Å². The van der Waals surface area contributed by atoms with E-state index in [2.05, 4.69) is 4.74 Å². The highest BCUT2D eigenvalue weighted by Gasteiger charge is 2.10. The molecular weight excluding hydrogens is 332 g/mol. The van der Waals surface area contributed by atoms with Crippen LogP contribution < -0.4 is 4.74 Å². The lowest BCUT2D eigenvalue weighted by atomic mass is 10.2. The SMILES string of the molecule is CN(Cc1ccc(OC(F)F)cc1)C(=O)CSCc1ccccc1. The minimum atomic E-state index is -2.83. The minimum absolute atomic E-state index is 0.0313. The molecule has 0 atom stereocenters. The smallest absolute Gasteiger partial charge is 0.387 e. The first-order valence-electron chi connectivity index (χ1n) is 7.44. The first-order chi connectivity index (χ1) is 11.5. The van der Waals surface area contributed by atoms with Crippen molar-refractivity contribution in [2.45, 2.75) is 18.9 Å². The summed E-state index contributed by atoms with van der Waals surface area (Å²) < 4.78 is 28.5. The van der Waals surface area contributed by atoms with Crippen LogP contribution in [0.1, 0.15) is 11.1 Å². The summed E-state index contributed by atoms with van der Waals surface area (Å²) in [5.41, 5.74) is 2.05. The van der Waals surface area contributed by atoms with Crippen molar-refractivity contribution in [3.05, 3.63) is 65.7 Å². The van der Waals surface area contributed by atoms with Gasteiger partial charge in [0.1, 0.15) is 5.75 Å². The fourth-order valence-electron chi connectivity index (χ4n) is 2.08. The number of ether oxygens (including phenoxy) is 1. The average Bonchev–Trinajstić information content (AvgIpc) is 2.57. The maximum absolute atomic E-state index is 12.1. The van der Waals surface area contributed by atoms with E-state index in [1.54, 1.807) is 35.8 Å². The number of benzene rings is 2. The number of alkyl halides is 2. The number of rotatable bonds is 8. The van der Waals surface area contributed by atoms with Gasteiger partial charge in [-0.25, -0.2) is 0 Å². The van der Waals surface area contributed by atoms with Crippen LogP contribution in [0.5, 0.6) is 5.75 Å². The molecule has 0 aliphatic heterocycles. The molecule has 128 valence electrons. The molecule has 3 nitrogen and oxygen atoms in total. The summed E-state index contributed by atoms with van der Waals surface area (Å²) in [5.74, 6) is 1.34. The Labute approximate surface area is 144 Å². The Balaban J connectivity index is 1.76. The monoisotopic (exact) mass is 351 g/mol. The van der Waals surface area contributed by atoms with Gasteiger partial charge in [0.05, 0.1) is 5.75 Å². The van der Waals surface area contributed by atoms with Gasteiger partial charge in [-0.2, -0.15) is 8.78 Å². The molecule has 2 aromatic rings. The summed E-state index contributed by atoms with van der Waals surface area (Å²) in [6.45, 7) is -2.40. The van der Waals surface area contributed by atoms with E-state index < -0.39 is 6.61 Å². The molecule has 0 aliphatic carbocycles. The van der Waals surface area contributed by atoms with Crippen LogP contribution in [-0.2, 0) is 17.1 Å². The molecule has 0 aromatic heterocycles. The summed E-state index contributed by atoms with van der Waals surface area (Å²) in [4.78, 5) is 13.8. The minimum Gasteiger partial charge on any atom is -0.435 e. The Morgan fingerprint density at radius 3 is 2.38 bits per heavy atom. The van der Waals surface area contributed by atoms with Gasteiger partial charge in [0, 0.05) is 19.3 Å². The molecule has 0 N–H and O–H groups in total. The lowest BCUT2D eigenvalue weighted by Gasteiger charge is -2.17. The van der Waals surface area contributed by atoms with E-state index in [0.29, 0.717) is 12.3 Å². The van der Waals surface area contributed by atoms with E-state index >= 15 is 0 Å². The maximum atomic E-state index is 12.1. The fraction of sp³-hybridized carbons (Fsp3) is 0.278. The van der Waals surface area contributed by atoms with Gasteiger partial charge in [-0.15, -0.1) is 11.8 Å². The standard InChI is InChI=1S/C18H19F2NO2S/c1-21(11-14-7-9-16(10-8-14)23-18(19)20)17(22)13-24-12-15-5-3-2-4-6-15/h2-10,18H,11-13H2,1H3. The Kier molecular flexibility index (Phi) is 7.06. The zero-order valence-corrected chi connectivity index (χ0v) is 14.1. The fourth-order valence-corrected chi connectivity index (χ4v) is 3.00. The summed E-state index contributed by atoms with van der Waals surface area (Å²) in [6, 6.07) is 16.3. The van der Waals surface area contributed by atoms with Crippen molar-refractivity contribution in [2.24, 2.45) is 0 Å². The molecule has 2 aromatic carbocycles. The lowest BCUT2D eigenvalue weighted by molar-refractivity contribution is -0.127. The van der Waals surface area contributed by atoms with Crippen molar-refractivity contribution in [1.82, 2.24) is 4.90 Å². The number of hydrogen-bond donors (Lipinski definition) is 0. The molecule has 6 heteroatoms. The van der Waals surface area contributed by atoms with Crippen LogP contribution in [0.15, 0.2) is 54.6 Å². The van der Waals surface area contributed by atoms with Gasteiger partial charge in [-0.05, 0) is 23.3 Å². The highest BCUT2D eigenvalue weighted by Crippen LogP contribution is 2.17. The second-order valence-corrected chi connectivity index (χ2v) is 6.24. The number of halogens is 2. The Morgan fingerprint density at radius 1 is 1.08 bits per heavy atom. The van der Waals surface area contributed by atoms with Crippen LogP contribution in [0.3, 0.4) is 0 Å². The zero-order valence-electron chi connectivity index (χ0n) is 13.3. The van der Waals surface area contributed by atoms with Crippen LogP contribution in [0.25, 0.3) is 0 Å². The number of amides is 1. The molecule has 0 unspecified atom stereocenters. The largest absolute Gasteiger partial charge is 0.435 e. The molecular formula is C18H19F2NO2S. The molecule has 0 bridgehead atoms. The number of nitrogens with zero attached hydrogens (tertiary/aromatic N) is 1.